The summed E-state index contributed by atoms with van der Waals surface area (Å²) < 4.78 is 2.05. The molecule has 7 heteroatoms. The minimum atomic E-state index is -0.0379. The third kappa shape index (κ3) is 4.91. The summed E-state index contributed by atoms with van der Waals surface area (Å²) in [6, 6.07) is 17.0. The van der Waals surface area contributed by atoms with Gasteiger partial charge in [-0.25, -0.2) is 4.68 Å². The molecule has 1 aliphatic carbocycles. The van der Waals surface area contributed by atoms with Gasteiger partial charge in [0.25, 0.3) is 5.56 Å². The highest BCUT2D eigenvalue weighted by molar-refractivity contribution is 5.80. The predicted octanol–water partition coefficient (Wildman–Crippen LogP) is 5.40. The summed E-state index contributed by atoms with van der Waals surface area (Å²) in [5.41, 5.74) is 5.21. The van der Waals surface area contributed by atoms with Crippen LogP contribution < -0.4 is 5.56 Å². The molecule has 1 saturated carbocycles. The molecule has 4 aromatic rings. The van der Waals surface area contributed by atoms with Gasteiger partial charge in [0.1, 0.15) is 0 Å². The minimum Gasteiger partial charge on any atom is -0.322 e. The maximum Gasteiger partial charge on any atom is 0.252 e. The van der Waals surface area contributed by atoms with Crippen LogP contribution in [-0.2, 0) is 13.1 Å². The van der Waals surface area contributed by atoms with Crippen molar-refractivity contribution in [3.8, 4) is 0 Å². The van der Waals surface area contributed by atoms with Crippen molar-refractivity contribution in [1.29, 1.82) is 0 Å². The molecule has 0 saturated heterocycles. The topological polar surface area (TPSA) is 79.7 Å². The Balaban J connectivity index is 1.54. The predicted molar refractivity (Wildman–Crippen MR) is 138 cm³/mol. The van der Waals surface area contributed by atoms with Crippen molar-refractivity contribution >= 4 is 10.9 Å². The molecule has 0 spiro atoms. The summed E-state index contributed by atoms with van der Waals surface area (Å²) in [5.74, 6) is 0.902. The molecular weight excluding hydrogens is 436 g/mol. The average molecular weight is 471 g/mol. The molecule has 1 N–H and O–H groups in total. The molecule has 1 atom stereocenters. The lowest BCUT2D eigenvalue weighted by Crippen LogP contribution is -2.32. The number of aromatic amines is 1. The molecule has 1 fully saturated rings. The SMILES string of the molecule is CC[C@H](c1nnnn1C1CCCC1)N(Cc1ccccc1)Cc1cc2cc(C)c(C)cc2[nH]c1=O. The van der Waals surface area contributed by atoms with E-state index in [0.29, 0.717) is 19.1 Å². The maximum atomic E-state index is 13.2. The van der Waals surface area contributed by atoms with Crippen LogP contribution in [0.2, 0.25) is 0 Å². The van der Waals surface area contributed by atoms with E-state index in [-0.39, 0.29) is 11.6 Å². The van der Waals surface area contributed by atoms with Gasteiger partial charge in [0.05, 0.1) is 12.1 Å². The molecule has 0 radical (unpaired) electrons. The van der Waals surface area contributed by atoms with Crippen molar-refractivity contribution in [3.63, 3.8) is 0 Å². The second kappa shape index (κ2) is 10.1. The van der Waals surface area contributed by atoms with Crippen molar-refractivity contribution in [1.82, 2.24) is 30.1 Å². The Morgan fingerprint density at radius 1 is 1.06 bits per heavy atom. The molecule has 2 aromatic heterocycles. The second-order valence-electron chi connectivity index (χ2n) is 9.88. The zero-order valence-electron chi connectivity index (χ0n) is 20.9. The molecular formula is C28H34N6O. The quantitative estimate of drug-likeness (QED) is 0.373. The van der Waals surface area contributed by atoms with Crippen LogP contribution in [-0.4, -0.2) is 30.1 Å². The van der Waals surface area contributed by atoms with E-state index in [9.17, 15) is 4.79 Å². The number of nitrogens with one attached hydrogen (secondary N) is 1. The van der Waals surface area contributed by atoms with E-state index in [1.807, 2.05) is 12.1 Å². The molecule has 0 amide bonds. The van der Waals surface area contributed by atoms with Gasteiger partial charge >= 0.3 is 0 Å². The number of rotatable bonds is 8. The van der Waals surface area contributed by atoms with Crippen LogP contribution >= 0.6 is 0 Å². The summed E-state index contributed by atoms with van der Waals surface area (Å²) in [7, 11) is 0. The number of aromatic nitrogens is 5. The Bertz CT molecular complexity index is 1350. The molecule has 182 valence electrons. The van der Waals surface area contributed by atoms with E-state index >= 15 is 0 Å². The van der Waals surface area contributed by atoms with E-state index < -0.39 is 0 Å². The van der Waals surface area contributed by atoms with Crippen LogP contribution in [0.15, 0.2) is 53.3 Å². The zero-order valence-corrected chi connectivity index (χ0v) is 20.9. The lowest BCUT2D eigenvalue weighted by Gasteiger charge is -2.31. The fourth-order valence-electron chi connectivity index (χ4n) is 5.39. The molecule has 2 heterocycles. The molecule has 0 unspecified atom stereocenters. The monoisotopic (exact) mass is 470 g/mol. The summed E-state index contributed by atoms with van der Waals surface area (Å²) in [4.78, 5) is 18.6. The lowest BCUT2D eigenvalue weighted by molar-refractivity contribution is 0.158. The maximum absolute atomic E-state index is 13.2. The second-order valence-corrected chi connectivity index (χ2v) is 9.88. The van der Waals surface area contributed by atoms with Gasteiger partial charge in [-0.3, -0.25) is 9.69 Å². The third-order valence-corrected chi connectivity index (χ3v) is 7.45. The fraction of sp³-hybridized carbons (Fsp3) is 0.429. The number of tetrazole rings is 1. The van der Waals surface area contributed by atoms with Crippen LogP contribution in [0.4, 0.5) is 0 Å². The van der Waals surface area contributed by atoms with E-state index in [0.717, 1.165) is 41.6 Å². The van der Waals surface area contributed by atoms with E-state index in [1.165, 1.54) is 29.5 Å². The van der Waals surface area contributed by atoms with E-state index in [2.05, 4.69) is 87.3 Å². The first-order valence-electron chi connectivity index (χ1n) is 12.7. The number of hydrogen-bond donors (Lipinski definition) is 1. The Kier molecular flexibility index (Phi) is 6.77. The van der Waals surface area contributed by atoms with Gasteiger partial charge < -0.3 is 4.98 Å². The fourth-order valence-corrected chi connectivity index (χ4v) is 5.39. The van der Waals surface area contributed by atoms with Crippen molar-refractivity contribution < 1.29 is 0 Å². The number of aryl methyl sites for hydroxylation is 2. The molecule has 1 aliphatic rings. The lowest BCUT2D eigenvalue weighted by atomic mass is 10.0. The summed E-state index contributed by atoms with van der Waals surface area (Å²) in [5, 5.41) is 14.0. The van der Waals surface area contributed by atoms with Crippen LogP contribution in [0.5, 0.6) is 0 Å². The molecule has 35 heavy (non-hydrogen) atoms. The average Bonchev–Trinajstić information content (AvgIpc) is 3.54. The van der Waals surface area contributed by atoms with E-state index in [1.54, 1.807) is 0 Å². The van der Waals surface area contributed by atoms with Crippen molar-refractivity contribution in [2.75, 3.05) is 0 Å². The van der Waals surface area contributed by atoms with E-state index in [4.69, 9.17) is 0 Å². The third-order valence-electron chi connectivity index (χ3n) is 7.45. The van der Waals surface area contributed by atoms with Crippen LogP contribution in [0.25, 0.3) is 10.9 Å². The van der Waals surface area contributed by atoms with Gasteiger partial charge in [-0.2, -0.15) is 0 Å². The molecule has 0 bridgehead atoms. The van der Waals surface area contributed by atoms with Crippen LogP contribution in [0.3, 0.4) is 0 Å². The molecule has 2 aromatic carbocycles. The number of H-pyrrole nitrogens is 1. The smallest absolute Gasteiger partial charge is 0.252 e. The van der Waals surface area contributed by atoms with Gasteiger partial charge in [0, 0.05) is 24.2 Å². The number of benzene rings is 2. The van der Waals surface area contributed by atoms with Gasteiger partial charge in [-0.1, -0.05) is 50.1 Å². The van der Waals surface area contributed by atoms with Gasteiger partial charge in [-0.05, 0) is 83.8 Å². The Morgan fingerprint density at radius 2 is 1.80 bits per heavy atom. The largest absolute Gasteiger partial charge is 0.322 e. The zero-order chi connectivity index (χ0) is 24.4. The highest BCUT2D eigenvalue weighted by atomic mass is 16.1. The number of pyridine rings is 1. The molecule has 0 aliphatic heterocycles. The van der Waals surface area contributed by atoms with Crippen molar-refractivity contribution in [3.05, 3.63) is 87.0 Å². The van der Waals surface area contributed by atoms with Crippen LogP contribution in [0, 0.1) is 13.8 Å². The minimum absolute atomic E-state index is 0.000608. The van der Waals surface area contributed by atoms with Crippen molar-refractivity contribution in [2.45, 2.75) is 78.0 Å². The van der Waals surface area contributed by atoms with Gasteiger partial charge in [0.2, 0.25) is 0 Å². The van der Waals surface area contributed by atoms with Gasteiger partial charge in [-0.15, -0.1) is 5.10 Å². The summed E-state index contributed by atoms with van der Waals surface area (Å²) in [6.45, 7) is 7.58. The summed E-state index contributed by atoms with van der Waals surface area (Å²) in [6.07, 6.45) is 5.54. The standard InChI is InChI=1S/C28H34N6O/c1-4-26(27-30-31-32-34(27)24-12-8-9-13-24)33(17-21-10-6-5-7-11-21)18-23-16-22-14-19(2)20(3)15-25(22)29-28(23)35/h5-7,10-11,14-16,24,26H,4,8-9,12-13,17-18H2,1-3H3,(H,29,35)/t26-/m1/s1. The highest BCUT2D eigenvalue weighted by Gasteiger charge is 2.29. The first-order valence-corrected chi connectivity index (χ1v) is 12.7. The molecule has 5 rings (SSSR count). The van der Waals surface area contributed by atoms with Gasteiger partial charge in [0.15, 0.2) is 5.82 Å². The summed E-state index contributed by atoms with van der Waals surface area (Å²) >= 11 is 0. The molecule has 7 nitrogen and oxygen atoms in total. The Hall–Kier alpha value is -3.32. The highest BCUT2D eigenvalue weighted by Crippen LogP contribution is 2.33. The number of hydrogen-bond acceptors (Lipinski definition) is 5. The first-order chi connectivity index (χ1) is 17.0. The first kappa shape index (κ1) is 23.4. The number of fused-ring (bicyclic) bond motifs is 1. The normalized spacial score (nSPS) is 15.3. The Morgan fingerprint density at radius 3 is 2.54 bits per heavy atom. The van der Waals surface area contributed by atoms with Crippen molar-refractivity contribution in [2.24, 2.45) is 0 Å². The van der Waals surface area contributed by atoms with Crippen LogP contribution in [0.1, 0.15) is 79.2 Å². The Labute approximate surface area is 206 Å². The number of nitrogens with zero attached hydrogens (tertiary/aromatic N) is 5.